The second kappa shape index (κ2) is 3.67. The Bertz CT molecular complexity index is 475. The van der Waals surface area contributed by atoms with Gasteiger partial charge >= 0.3 is 0 Å². The third-order valence-corrected chi connectivity index (χ3v) is 3.56. The number of halogens is 1. The molecule has 14 heavy (non-hydrogen) atoms. The van der Waals surface area contributed by atoms with E-state index < -0.39 is 0 Å². The third kappa shape index (κ3) is 1.53. The van der Waals surface area contributed by atoms with E-state index in [1.54, 1.807) is 29.3 Å². The highest BCUT2D eigenvalue weighted by molar-refractivity contribution is 9.10. The molecular formula is C9H7BrN2OS. The fourth-order valence-corrected chi connectivity index (χ4v) is 2.72. The monoisotopic (exact) mass is 270 g/mol. The summed E-state index contributed by atoms with van der Waals surface area (Å²) in [6.45, 7) is 0. The lowest BCUT2D eigenvalue weighted by atomic mass is 10.2. The van der Waals surface area contributed by atoms with Gasteiger partial charge in [0.1, 0.15) is 5.69 Å². The molecule has 0 spiro atoms. The molecule has 0 aromatic carbocycles. The van der Waals surface area contributed by atoms with E-state index in [0.29, 0.717) is 5.56 Å². The molecular weight excluding hydrogens is 264 g/mol. The Kier molecular flexibility index (Phi) is 2.52. The van der Waals surface area contributed by atoms with E-state index in [4.69, 9.17) is 0 Å². The molecule has 2 rings (SSSR count). The number of aldehydes is 1. The Morgan fingerprint density at radius 3 is 2.93 bits per heavy atom. The van der Waals surface area contributed by atoms with Crippen molar-refractivity contribution in [1.29, 1.82) is 0 Å². The first-order valence-electron chi connectivity index (χ1n) is 3.93. The molecule has 0 N–H and O–H groups in total. The molecule has 0 unspecified atom stereocenters. The van der Waals surface area contributed by atoms with Crippen LogP contribution in [0.2, 0.25) is 0 Å². The first kappa shape index (κ1) is 9.61. The fourth-order valence-electron chi connectivity index (χ4n) is 1.25. The topological polar surface area (TPSA) is 34.9 Å². The van der Waals surface area contributed by atoms with Crippen LogP contribution >= 0.6 is 27.3 Å². The fraction of sp³-hybridized carbons (Fsp3) is 0.111. The van der Waals surface area contributed by atoms with Crippen LogP contribution < -0.4 is 0 Å². The average Bonchev–Trinajstić information content (AvgIpc) is 2.71. The van der Waals surface area contributed by atoms with E-state index in [0.717, 1.165) is 22.0 Å². The molecule has 2 aromatic heterocycles. The Hall–Kier alpha value is -0.940. The minimum Gasteiger partial charge on any atom is -0.298 e. The molecule has 3 nitrogen and oxygen atoms in total. The molecule has 0 bridgehead atoms. The molecule has 0 aliphatic carbocycles. The number of hydrogen-bond donors (Lipinski definition) is 0. The van der Waals surface area contributed by atoms with Gasteiger partial charge < -0.3 is 0 Å². The van der Waals surface area contributed by atoms with Gasteiger partial charge in [-0.25, -0.2) is 0 Å². The van der Waals surface area contributed by atoms with Gasteiger partial charge in [-0.05, 0) is 15.9 Å². The van der Waals surface area contributed by atoms with Crippen molar-refractivity contribution >= 4 is 33.6 Å². The Labute approximate surface area is 93.5 Å². The van der Waals surface area contributed by atoms with Crippen molar-refractivity contribution in [2.45, 2.75) is 0 Å². The lowest BCUT2D eigenvalue weighted by molar-refractivity contribution is 0.112. The van der Waals surface area contributed by atoms with Crippen LogP contribution in [0.25, 0.3) is 11.3 Å². The Morgan fingerprint density at radius 2 is 2.36 bits per heavy atom. The number of aromatic nitrogens is 2. The lowest BCUT2D eigenvalue weighted by Crippen LogP contribution is -1.87. The van der Waals surface area contributed by atoms with Crippen molar-refractivity contribution in [2.75, 3.05) is 0 Å². The zero-order chi connectivity index (χ0) is 10.1. The second-order valence-electron chi connectivity index (χ2n) is 2.86. The summed E-state index contributed by atoms with van der Waals surface area (Å²) < 4.78 is 2.62. The quantitative estimate of drug-likeness (QED) is 0.787. The number of hydrogen-bond acceptors (Lipinski definition) is 3. The largest absolute Gasteiger partial charge is 0.298 e. The van der Waals surface area contributed by atoms with Gasteiger partial charge in [-0.2, -0.15) is 16.4 Å². The van der Waals surface area contributed by atoms with Gasteiger partial charge in [-0.1, -0.05) is 0 Å². The number of aryl methyl sites for hydroxylation is 1. The van der Waals surface area contributed by atoms with Crippen LogP contribution in [0.1, 0.15) is 10.4 Å². The SMILES string of the molecule is Cn1cc(C=O)c(-c2cscc2Br)n1. The van der Waals surface area contributed by atoms with Crippen LogP contribution in [0, 0.1) is 0 Å². The summed E-state index contributed by atoms with van der Waals surface area (Å²) in [5.74, 6) is 0. The van der Waals surface area contributed by atoms with Crippen LogP contribution in [-0.2, 0) is 7.05 Å². The smallest absolute Gasteiger partial charge is 0.153 e. The zero-order valence-corrected chi connectivity index (χ0v) is 9.80. The van der Waals surface area contributed by atoms with E-state index in [2.05, 4.69) is 21.0 Å². The maximum absolute atomic E-state index is 10.8. The van der Waals surface area contributed by atoms with Gasteiger partial charge in [0.15, 0.2) is 6.29 Å². The molecule has 0 aliphatic heterocycles. The number of nitrogens with zero attached hydrogens (tertiary/aromatic N) is 2. The molecule has 0 fully saturated rings. The van der Waals surface area contributed by atoms with Crippen LogP contribution in [0.15, 0.2) is 21.4 Å². The first-order chi connectivity index (χ1) is 6.72. The molecule has 0 saturated heterocycles. The van der Waals surface area contributed by atoms with Gasteiger partial charge in [-0.15, -0.1) is 0 Å². The molecule has 0 atom stereocenters. The van der Waals surface area contributed by atoms with Crippen molar-refractivity contribution in [3.63, 3.8) is 0 Å². The summed E-state index contributed by atoms with van der Waals surface area (Å²) in [6.07, 6.45) is 2.54. The van der Waals surface area contributed by atoms with Gasteiger partial charge in [0, 0.05) is 34.0 Å². The summed E-state index contributed by atoms with van der Waals surface area (Å²) in [5.41, 5.74) is 2.32. The highest BCUT2D eigenvalue weighted by Crippen LogP contribution is 2.31. The van der Waals surface area contributed by atoms with Crippen molar-refractivity contribution < 1.29 is 4.79 Å². The molecule has 2 aromatic rings. The summed E-state index contributed by atoms with van der Waals surface area (Å²) >= 11 is 5.00. The zero-order valence-electron chi connectivity index (χ0n) is 7.40. The highest BCUT2D eigenvalue weighted by Gasteiger charge is 2.12. The van der Waals surface area contributed by atoms with Crippen LogP contribution in [0.4, 0.5) is 0 Å². The molecule has 2 heterocycles. The summed E-state index contributed by atoms with van der Waals surface area (Å²) in [5, 5.41) is 8.19. The number of carbonyl (C=O) groups is 1. The number of carbonyl (C=O) groups excluding carboxylic acids is 1. The summed E-state index contributed by atoms with van der Waals surface area (Å²) in [7, 11) is 1.80. The predicted octanol–water partition coefficient (Wildman–Crippen LogP) is 2.72. The summed E-state index contributed by atoms with van der Waals surface area (Å²) in [6, 6.07) is 0. The van der Waals surface area contributed by atoms with Crippen LogP contribution in [0.3, 0.4) is 0 Å². The van der Waals surface area contributed by atoms with Gasteiger partial charge in [0.05, 0.1) is 5.56 Å². The lowest BCUT2D eigenvalue weighted by Gasteiger charge is -1.93. The molecule has 5 heteroatoms. The van der Waals surface area contributed by atoms with Gasteiger partial charge in [0.2, 0.25) is 0 Å². The van der Waals surface area contributed by atoms with Crippen molar-refractivity contribution in [3.8, 4) is 11.3 Å². The first-order valence-corrected chi connectivity index (χ1v) is 5.67. The molecule has 0 saturated carbocycles. The summed E-state index contributed by atoms with van der Waals surface area (Å²) in [4.78, 5) is 10.8. The maximum atomic E-state index is 10.8. The van der Waals surface area contributed by atoms with Gasteiger partial charge in [0.25, 0.3) is 0 Å². The second-order valence-corrected chi connectivity index (χ2v) is 4.46. The van der Waals surface area contributed by atoms with Gasteiger partial charge in [-0.3, -0.25) is 9.48 Å². The molecule has 72 valence electrons. The van der Waals surface area contributed by atoms with Crippen molar-refractivity contribution in [3.05, 3.63) is 27.0 Å². The Balaban J connectivity index is 2.61. The van der Waals surface area contributed by atoms with E-state index >= 15 is 0 Å². The standard InChI is InChI=1S/C9H7BrN2OS/c1-12-2-6(3-13)9(11-12)7-4-14-5-8(7)10/h2-5H,1H3. The molecule has 0 amide bonds. The third-order valence-electron chi connectivity index (χ3n) is 1.85. The van der Waals surface area contributed by atoms with Crippen molar-refractivity contribution in [1.82, 2.24) is 9.78 Å². The number of rotatable bonds is 2. The molecule has 0 aliphatic rings. The minimum absolute atomic E-state index is 0.617. The normalized spacial score (nSPS) is 10.4. The Morgan fingerprint density at radius 1 is 1.57 bits per heavy atom. The number of thiophene rings is 1. The van der Waals surface area contributed by atoms with Crippen molar-refractivity contribution in [2.24, 2.45) is 7.05 Å². The predicted molar refractivity (Wildman–Crippen MR) is 59.6 cm³/mol. The van der Waals surface area contributed by atoms with E-state index in [-0.39, 0.29) is 0 Å². The molecule has 0 radical (unpaired) electrons. The van der Waals surface area contributed by atoms with Crippen LogP contribution in [0.5, 0.6) is 0 Å². The maximum Gasteiger partial charge on any atom is 0.153 e. The van der Waals surface area contributed by atoms with E-state index in [9.17, 15) is 4.79 Å². The highest BCUT2D eigenvalue weighted by atomic mass is 79.9. The van der Waals surface area contributed by atoms with E-state index in [1.807, 2.05) is 10.8 Å². The van der Waals surface area contributed by atoms with E-state index in [1.165, 1.54) is 0 Å². The average molecular weight is 271 g/mol. The van der Waals surface area contributed by atoms with Crippen LogP contribution in [-0.4, -0.2) is 16.1 Å². The minimum atomic E-state index is 0.617.